The smallest absolute Gasteiger partial charge is 0.108 e. The topological polar surface area (TPSA) is 9.23 Å². The number of ether oxygens (including phenoxy) is 1. The lowest BCUT2D eigenvalue weighted by Crippen LogP contribution is -1.92. The molecule has 2 aromatic rings. The molecule has 0 unspecified atom stereocenters. The summed E-state index contributed by atoms with van der Waals surface area (Å²) < 4.78 is 5.51. The molecule has 0 aromatic heterocycles. The predicted molar refractivity (Wildman–Crippen MR) is 74.2 cm³/mol. The van der Waals surface area contributed by atoms with E-state index in [1.807, 2.05) is 36.4 Å². The summed E-state index contributed by atoms with van der Waals surface area (Å²) >= 11 is 0. The maximum atomic E-state index is 5.51. The molecule has 18 heavy (non-hydrogen) atoms. The molecule has 0 saturated carbocycles. The van der Waals surface area contributed by atoms with E-state index >= 15 is 0 Å². The van der Waals surface area contributed by atoms with Crippen molar-refractivity contribution in [1.82, 2.24) is 0 Å². The highest BCUT2D eigenvalue weighted by Crippen LogP contribution is 2.04. The van der Waals surface area contributed by atoms with Gasteiger partial charge in [0, 0.05) is 5.56 Å². The Morgan fingerprint density at radius 3 is 2.44 bits per heavy atom. The van der Waals surface area contributed by atoms with Crippen LogP contribution in [0.25, 0.3) is 0 Å². The zero-order valence-corrected chi connectivity index (χ0v) is 10.5. The van der Waals surface area contributed by atoms with Crippen molar-refractivity contribution >= 4 is 0 Å². The maximum absolute atomic E-state index is 5.51. The lowest BCUT2D eigenvalue weighted by Gasteiger charge is -1.99. The molecule has 90 valence electrons. The van der Waals surface area contributed by atoms with Crippen LogP contribution in [0.1, 0.15) is 16.7 Å². The minimum Gasteiger partial charge on any atom is -0.364 e. The molecule has 0 aliphatic carbocycles. The Bertz CT molecular complexity index is 547. The number of hydrogen-bond acceptors (Lipinski definition) is 1. The van der Waals surface area contributed by atoms with Crippen LogP contribution in [-0.2, 0) is 11.3 Å². The number of rotatable bonds is 3. The van der Waals surface area contributed by atoms with Crippen molar-refractivity contribution in [3.05, 3.63) is 71.3 Å². The second-order valence-electron chi connectivity index (χ2n) is 4.10. The van der Waals surface area contributed by atoms with E-state index in [2.05, 4.69) is 37.0 Å². The first-order valence-electron chi connectivity index (χ1n) is 6.02. The molecule has 0 bridgehead atoms. The molecule has 2 rings (SSSR count). The molecule has 0 spiro atoms. The highest BCUT2D eigenvalue weighted by atomic mass is 16.5. The Kier molecular flexibility index (Phi) is 4.58. The molecule has 0 aliphatic heterocycles. The minimum atomic E-state index is 0.462. The quantitative estimate of drug-likeness (QED) is 0.585. The number of benzene rings is 2. The average Bonchev–Trinajstić information content (AvgIpc) is 2.42. The van der Waals surface area contributed by atoms with E-state index in [0.29, 0.717) is 13.2 Å². The van der Waals surface area contributed by atoms with E-state index in [9.17, 15) is 0 Å². The third kappa shape index (κ3) is 3.76. The zero-order valence-electron chi connectivity index (χ0n) is 10.5. The Balaban J connectivity index is 1.82. The molecule has 2 aromatic carbocycles. The second-order valence-corrected chi connectivity index (χ2v) is 4.10. The molecular weight excluding hydrogens is 220 g/mol. The Morgan fingerprint density at radius 1 is 0.944 bits per heavy atom. The molecule has 1 nitrogen and oxygen atoms in total. The van der Waals surface area contributed by atoms with E-state index in [0.717, 1.165) is 5.56 Å². The van der Waals surface area contributed by atoms with Gasteiger partial charge in [0.1, 0.15) is 6.61 Å². The van der Waals surface area contributed by atoms with Crippen LogP contribution in [-0.4, -0.2) is 6.61 Å². The Hall–Kier alpha value is -2.04. The first-order chi connectivity index (χ1) is 8.86. The largest absolute Gasteiger partial charge is 0.364 e. The lowest BCUT2D eigenvalue weighted by molar-refractivity contribution is 0.153. The fraction of sp³-hybridized carbons (Fsp3) is 0.176. The van der Waals surface area contributed by atoms with E-state index in [1.165, 1.54) is 11.1 Å². The predicted octanol–water partition coefficient (Wildman–Crippen LogP) is 3.56. The molecular formula is C17H16O. The van der Waals surface area contributed by atoms with Crippen LogP contribution in [0.5, 0.6) is 0 Å². The molecule has 0 heterocycles. The highest BCUT2D eigenvalue weighted by Gasteiger charge is 1.91. The SMILES string of the molecule is Cc1ccccc1C#CCOCc1ccccc1. The van der Waals surface area contributed by atoms with Crippen LogP contribution >= 0.6 is 0 Å². The van der Waals surface area contributed by atoms with Crippen LogP contribution in [0.15, 0.2) is 54.6 Å². The molecule has 0 fully saturated rings. The molecule has 1 heteroatoms. The van der Waals surface area contributed by atoms with Crippen LogP contribution in [0.2, 0.25) is 0 Å². The van der Waals surface area contributed by atoms with Crippen molar-refractivity contribution in [1.29, 1.82) is 0 Å². The molecule has 0 amide bonds. The summed E-state index contributed by atoms with van der Waals surface area (Å²) in [7, 11) is 0. The first kappa shape index (κ1) is 12.4. The Labute approximate surface area is 108 Å². The van der Waals surface area contributed by atoms with Crippen LogP contribution < -0.4 is 0 Å². The van der Waals surface area contributed by atoms with Crippen molar-refractivity contribution in [2.45, 2.75) is 13.5 Å². The van der Waals surface area contributed by atoms with Gasteiger partial charge in [0.05, 0.1) is 6.61 Å². The summed E-state index contributed by atoms with van der Waals surface area (Å²) in [6.07, 6.45) is 0. The second kappa shape index (κ2) is 6.64. The fourth-order valence-electron chi connectivity index (χ4n) is 1.64. The maximum Gasteiger partial charge on any atom is 0.108 e. The molecule has 0 atom stereocenters. The van der Waals surface area contributed by atoms with Crippen LogP contribution in [0.3, 0.4) is 0 Å². The first-order valence-corrected chi connectivity index (χ1v) is 6.02. The van der Waals surface area contributed by atoms with E-state index in [1.54, 1.807) is 0 Å². The summed E-state index contributed by atoms with van der Waals surface area (Å²) in [6, 6.07) is 18.2. The minimum absolute atomic E-state index is 0.462. The summed E-state index contributed by atoms with van der Waals surface area (Å²) in [6.45, 7) is 3.14. The molecule has 0 aliphatic rings. The van der Waals surface area contributed by atoms with Gasteiger partial charge >= 0.3 is 0 Å². The van der Waals surface area contributed by atoms with Gasteiger partial charge in [-0.05, 0) is 24.1 Å². The number of aryl methyl sites for hydroxylation is 1. The van der Waals surface area contributed by atoms with Crippen molar-refractivity contribution in [2.75, 3.05) is 6.61 Å². The molecule has 0 N–H and O–H groups in total. The van der Waals surface area contributed by atoms with Crippen molar-refractivity contribution in [2.24, 2.45) is 0 Å². The van der Waals surface area contributed by atoms with Crippen LogP contribution in [0, 0.1) is 18.8 Å². The summed E-state index contributed by atoms with van der Waals surface area (Å²) in [5, 5.41) is 0. The van der Waals surface area contributed by atoms with Gasteiger partial charge in [0.25, 0.3) is 0 Å². The zero-order chi connectivity index (χ0) is 12.6. The van der Waals surface area contributed by atoms with Gasteiger partial charge in [0.2, 0.25) is 0 Å². The standard InChI is InChI=1S/C17H16O/c1-15-8-5-6-11-17(15)12-7-13-18-14-16-9-3-2-4-10-16/h2-6,8-11H,13-14H2,1H3. The van der Waals surface area contributed by atoms with Crippen molar-refractivity contribution in [3.8, 4) is 11.8 Å². The van der Waals surface area contributed by atoms with E-state index < -0.39 is 0 Å². The third-order valence-corrected chi connectivity index (χ3v) is 2.65. The van der Waals surface area contributed by atoms with E-state index in [-0.39, 0.29) is 0 Å². The van der Waals surface area contributed by atoms with Gasteiger partial charge in [-0.25, -0.2) is 0 Å². The average molecular weight is 236 g/mol. The van der Waals surface area contributed by atoms with Crippen molar-refractivity contribution < 1.29 is 4.74 Å². The summed E-state index contributed by atoms with van der Waals surface area (Å²) in [5.41, 5.74) is 3.45. The molecule has 0 saturated heterocycles. The summed E-state index contributed by atoms with van der Waals surface area (Å²) in [4.78, 5) is 0. The van der Waals surface area contributed by atoms with Gasteiger partial charge in [0.15, 0.2) is 0 Å². The van der Waals surface area contributed by atoms with Crippen LogP contribution in [0.4, 0.5) is 0 Å². The van der Waals surface area contributed by atoms with Gasteiger partial charge < -0.3 is 4.74 Å². The Morgan fingerprint density at radius 2 is 1.67 bits per heavy atom. The van der Waals surface area contributed by atoms with Gasteiger partial charge in [-0.1, -0.05) is 60.4 Å². The van der Waals surface area contributed by atoms with Gasteiger partial charge in [-0.15, -0.1) is 0 Å². The highest BCUT2D eigenvalue weighted by molar-refractivity contribution is 5.40. The fourth-order valence-corrected chi connectivity index (χ4v) is 1.64. The van der Waals surface area contributed by atoms with Crippen molar-refractivity contribution in [3.63, 3.8) is 0 Å². The summed E-state index contributed by atoms with van der Waals surface area (Å²) in [5.74, 6) is 6.16. The molecule has 0 radical (unpaired) electrons. The van der Waals surface area contributed by atoms with E-state index in [4.69, 9.17) is 4.74 Å². The number of hydrogen-bond donors (Lipinski definition) is 0. The third-order valence-electron chi connectivity index (χ3n) is 2.65. The monoisotopic (exact) mass is 236 g/mol. The van der Waals surface area contributed by atoms with Gasteiger partial charge in [-0.3, -0.25) is 0 Å². The van der Waals surface area contributed by atoms with Gasteiger partial charge in [-0.2, -0.15) is 0 Å². The normalized spacial score (nSPS) is 9.61. The lowest BCUT2D eigenvalue weighted by atomic mass is 10.1.